The maximum Gasteiger partial charge on any atom is 0.416 e. The normalized spacial score (nSPS) is 17.0. The number of rotatable bonds is 8. The molecule has 11 heteroatoms. The van der Waals surface area contributed by atoms with Crippen LogP contribution >= 0.6 is 0 Å². The third kappa shape index (κ3) is 5.17. The van der Waals surface area contributed by atoms with E-state index in [0.717, 1.165) is 17.5 Å². The standard InChI is InChI=1S/C27H29F4N5O2/c1-26(2,28)14-32-10-16-7-20-21(22(8-16)27(29,30)31)11-36(25(20)37)19-6-4-5-17(9-19)23(18-12-38-13-18)24-34-33-15-35(24)3/h4-9,15,18,23,32H,10-14H2,1-3H3. The van der Waals surface area contributed by atoms with E-state index in [1.807, 2.05) is 23.7 Å². The van der Waals surface area contributed by atoms with E-state index in [1.165, 1.54) is 24.8 Å². The highest BCUT2D eigenvalue weighted by molar-refractivity contribution is 6.10. The van der Waals surface area contributed by atoms with E-state index in [-0.39, 0.29) is 48.2 Å². The molecule has 0 saturated carbocycles. The third-order valence-corrected chi connectivity index (χ3v) is 6.98. The highest BCUT2D eigenvalue weighted by Crippen LogP contribution is 2.41. The zero-order valence-corrected chi connectivity index (χ0v) is 21.3. The van der Waals surface area contributed by atoms with Crippen LogP contribution in [-0.2, 0) is 31.1 Å². The molecule has 2 aliphatic rings. The van der Waals surface area contributed by atoms with Crippen LogP contribution in [0.4, 0.5) is 23.2 Å². The minimum Gasteiger partial charge on any atom is -0.381 e. The molecule has 202 valence electrons. The number of fused-ring (bicyclic) bond motifs is 1. The van der Waals surface area contributed by atoms with E-state index in [0.29, 0.717) is 18.9 Å². The summed E-state index contributed by atoms with van der Waals surface area (Å²) in [4.78, 5) is 14.8. The number of halogens is 4. The Morgan fingerprint density at radius 2 is 1.92 bits per heavy atom. The van der Waals surface area contributed by atoms with Crippen molar-refractivity contribution in [2.75, 3.05) is 24.7 Å². The van der Waals surface area contributed by atoms with Crippen molar-refractivity contribution in [1.29, 1.82) is 0 Å². The van der Waals surface area contributed by atoms with Crippen molar-refractivity contribution in [3.63, 3.8) is 0 Å². The van der Waals surface area contributed by atoms with Gasteiger partial charge in [-0.3, -0.25) is 4.79 Å². The van der Waals surface area contributed by atoms with Gasteiger partial charge in [-0.15, -0.1) is 10.2 Å². The van der Waals surface area contributed by atoms with Gasteiger partial charge in [-0.05, 0) is 54.8 Å². The number of amides is 1. The Morgan fingerprint density at radius 1 is 1.16 bits per heavy atom. The second kappa shape index (κ2) is 9.77. The lowest BCUT2D eigenvalue weighted by Gasteiger charge is -2.33. The van der Waals surface area contributed by atoms with Crippen LogP contribution in [0.1, 0.15) is 58.2 Å². The van der Waals surface area contributed by atoms with Crippen molar-refractivity contribution >= 4 is 11.6 Å². The maximum atomic E-state index is 14.1. The fraction of sp³-hybridized carbons (Fsp3) is 0.444. The van der Waals surface area contributed by atoms with Crippen LogP contribution in [0.2, 0.25) is 0 Å². The Labute approximate surface area is 217 Å². The molecule has 1 fully saturated rings. The van der Waals surface area contributed by atoms with Crippen molar-refractivity contribution in [2.24, 2.45) is 13.0 Å². The Kier molecular flexibility index (Phi) is 6.77. The second-order valence-corrected chi connectivity index (χ2v) is 10.6. The van der Waals surface area contributed by atoms with Crippen LogP contribution in [0, 0.1) is 5.92 Å². The van der Waals surface area contributed by atoms with Gasteiger partial charge in [0.05, 0.1) is 31.2 Å². The number of aromatic nitrogens is 3. The van der Waals surface area contributed by atoms with Gasteiger partial charge in [0, 0.05) is 37.3 Å². The number of carbonyl (C=O) groups is 1. The first-order valence-corrected chi connectivity index (χ1v) is 12.4. The Bertz CT molecular complexity index is 1340. The van der Waals surface area contributed by atoms with Gasteiger partial charge in [-0.2, -0.15) is 13.2 Å². The molecule has 2 aromatic carbocycles. The van der Waals surface area contributed by atoms with Gasteiger partial charge in [0.2, 0.25) is 0 Å². The highest BCUT2D eigenvalue weighted by atomic mass is 19.4. The second-order valence-electron chi connectivity index (χ2n) is 10.6. The van der Waals surface area contributed by atoms with Gasteiger partial charge < -0.3 is 19.5 Å². The number of anilines is 1. The number of nitrogens with one attached hydrogen (secondary N) is 1. The molecule has 0 aliphatic carbocycles. The summed E-state index contributed by atoms with van der Waals surface area (Å²) in [5.41, 5.74) is -0.749. The predicted molar refractivity (Wildman–Crippen MR) is 132 cm³/mol. The fourth-order valence-electron chi connectivity index (χ4n) is 5.07. The van der Waals surface area contributed by atoms with Gasteiger partial charge >= 0.3 is 6.18 Å². The zero-order valence-electron chi connectivity index (χ0n) is 21.3. The molecule has 2 aliphatic heterocycles. The number of alkyl halides is 4. The summed E-state index contributed by atoms with van der Waals surface area (Å²) >= 11 is 0. The van der Waals surface area contributed by atoms with Gasteiger partial charge in [-0.1, -0.05) is 12.1 Å². The number of ether oxygens (including phenoxy) is 1. The molecule has 1 unspecified atom stereocenters. The van der Waals surface area contributed by atoms with Crippen LogP contribution in [0.25, 0.3) is 0 Å². The Balaban J connectivity index is 1.47. The molecule has 0 bridgehead atoms. The monoisotopic (exact) mass is 531 g/mol. The number of benzene rings is 2. The van der Waals surface area contributed by atoms with E-state index in [4.69, 9.17) is 4.74 Å². The molecule has 1 amide bonds. The molecule has 38 heavy (non-hydrogen) atoms. The minimum atomic E-state index is -4.64. The Morgan fingerprint density at radius 3 is 2.53 bits per heavy atom. The van der Waals surface area contributed by atoms with Gasteiger partial charge in [0.1, 0.15) is 17.8 Å². The maximum absolute atomic E-state index is 14.1. The van der Waals surface area contributed by atoms with Crippen LogP contribution in [0.3, 0.4) is 0 Å². The van der Waals surface area contributed by atoms with E-state index < -0.39 is 23.3 Å². The van der Waals surface area contributed by atoms with Crippen molar-refractivity contribution in [1.82, 2.24) is 20.1 Å². The van der Waals surface area contributed by atoms with Gasteiger partial charge in [0.15, 0.2) is 0 Å². The number of carbonyl (C=O) groups excluding carboxylic acids is 1. The summed E-state index contributed by atoms with van der Waals surface area (Å²) in [7, 11) is 1.85. The van der Waals surface area contributed by atoms with Gasteiger partial charge in [0.25, 0.3) is 5.91 Å². The number of aryl methyl sites for hydroxylation is 1. The molecule has 3 heterocycles. The summed E-state index contributed by atoms with van der Waals surface area (Å²) in [6.45, 7) is 3.66. The van der Waals surface area contributed by atoms with Gasteiger partial charge in [-0.25, -0.2) is 4.39 Å². The topological polar surface area (TPSA) is 72.3 Å². The smallest absolute Gasteiger partial charge is 0.381 e. The summed E-state index contributed by atoms with van der Waals surface area (Å²) in [5, 5.41) is 11.1. The molecule has 5 rings (SSSR count). The predicted octanol–water partition coefficient (Wildman–Crippen LogP) is 4.61. The molecule has 1 N–H and O–H groups in total. The van der Waals surface area contributed by atoms with Crippen LogP contribution in [0.15, 0.2) is 42.7 Å². The first kappa shape index (κ1) is 26.3. The van der Waals surface area contributed by atoms with Crippen LogP contribution < -0.4 is 10.2 Å². The van der Waals surface area contributed by atoms with Crippen molar-refractivity contribution in [2.45, 2.75) is 44.7 Å². The average molecular weight is 532 g/mol. The van der Waals surface area contributed by atoms with E-state index in [9.17, 15) is 22.4 Å². The average Bonchev–Trinajstić information content (AvgIpc) is 3.37. The Hall–Kier alpha value is -3.31. The first-order valence-electron chi connectivity index (χ1n) is 12.4. The largest absolute Gasteiger partial charge is 0.416 e. The summed E-state index contributed by atoms with van der Waals surface area (Å²) < 4.78 is 63.2. The minimum absolute atomic E-state index is 0.00924. The zero-order chi connectivity index (χ0) is 27.2. The third-order valence-electron chi connectivity index (χ3n) is 6.98. The molecule has 1 atom stereocenters. The molecular formula is C27H29F4N5O2. The van der Waals surface area contributed by atoms with E-state index in [2.05, 4.69) is 15.5 Å². The molecule has 7 nitrogen and oxygen atoms in total. The lowest BCUT2D eigenvalue weighted by atomic mass is 9.83. The van der Waals surface area contributed by atoms with E-state index in [1.54, 1.807) is 18.5 Å². The number of hydrogen-bond acceptors (Lipinski definition) is 5. The molecule has 0 spiro atoms. The fourth-order valence-corrected chi connectivity index (χ4v) is 5.07. The lowest BCUT2D eigenvalue weighted by molar-refractivity contribution is -0.138. The van der Waals surface area contributed by atoms with Crippen molar-refractivity contribution in [3.05, 3.63) is 76.4 Å². The van der Waals surface area contributed by atoms with E-state index >= 15 is 0 Å². The number of nitrogens with zero attached hydrogens (tertiary/aromatic N) is 4. The number of hydrogen-bond donors (Lipinski definition) is 1. The van der Waals surface area contributed by atoms with Crippen LogP contribution in [0.5, 0.6) is 0 Å². The van der Waals surface area contributed by atoms with Crippen LogP contribution in [-0.4, -0.2) is 46.1 Å². The summed E-state index contributed by atoms with van der Waals surface area (Å²) in [5.74, 6) is 0.275. The first-order chi connectivity index (χ1) is 17.9. The SMILES string of the molecule is Cn1cnnc1C(c1cccc(N2Cc3c(cc(CNCC(C)(C)F)cc3C(F)(F)F)C2=O)c1)C1COC1. The molecule has 0 radical (unpaired) electrons. The summed E-state index contributed by atoms with van der Waals surface area (Å²) in [6, 6.07) is 9.79. The van der Waals surface area contributed by atoms with Crippen molar-refractivity contribution in [3.8, 4) is 0 Å². The molecular weight excluding hydrogens is 502 g/mol. The molecule has 1 saturated heterocycles. The van der Waals surface area contributed by atoms with Crippen molar-refractivity contribution < 1.29 is 27.1 Å². The summed E-state index contributed by atoms with van der Waals surface area (Å²) in [6.07, 6.45) is -3.02. The lowest BCUT2D eigenvalue weighted by Crippen LogP contribution is -2.35. The highest BCUT2D eigenvalue weighted by Gasteiger charge is 2.41. The molecule has 3 aromatic rings. The quantitative estimate of drug-likeness (QED) is 0.430. The molecule has 1 aromatic heterocycles.